The monoisotopic (exact) mass is 260 g/mol. The Balaban J connectivity index is 1.91. The Bertz CT molecular complexity index is 631. The maximum atomic E-state index is 4.23. The topological polar surface area (TPSA) is 25.8 Å². The molecule has 0 spiro atoms. The Hall–Kier alpha value is -2.48. The minimum atomic E-state index is 0.796. The molecule has 0 atom stereocenters. The van der Waals surface area contributed by atoms with E-state index < -0.39 is 0 Å². The number of aromatic nitrogens is 2. The van der Waals surface area contributed by atoms with Crippen LogP contribution in [0, 0.1) is 13.8 Å². The van der Waals surface area contributed by atoms with Crippen LogP contribution in [0.15, 0.2) is 60.9 Å². The normalized spacial score (nSPS) is 10.5. The molecule has 0 N–H and O–H groups in total. The van der Waals surface area contributed by atoms with E-state index in [4.69, 9.17) is 0 Å². The van der Waals surface area contributed by atoms with Crippen molar-refractivity contribution in [1.29, 1.82) is 0 Å². The Morgan fingerprint density at radius 1 is 0.550 bits per heavy atom. The first-order valence-electron chi connectivity index (χ1n) is 6.68. The maximum Gasteiger partial charge on any atom is 0.125 e. The number of rotatable bonds is 2. The molecule has 0 saturated heterocycles. The third-order valence-corrected chi connectivity index (χ3v) is 3.38. The van der Waals surface area contributed by atoms with Crippen LogP contribution in [0.25, 0.3) is 22.3 Å². The first kappa shape index (κ1) is 12.5. The fraction of sp³-hybridized carbons (Fsp3) is 0.111. The van der Waals surface area contributed by atoms with E-state index in [0.717, 1.165) is 17.0 Å². The van der Waals surface area contributed by atoms with Gasteiger partial charge in [-0.1, -0.05) is 54.1 Å². The summed E-state index contributed by atoms with van der Waals surface area (Å²) in [5, 5.41) is 0. The molecule has 0 bridgehead atoms. The molecular weight excluding hydrogens is 244 g/mol. The van der Waals surface area contributed by atoms with Crippen molar-refractivity contribution in [2.24, 2.45) is 0 Å². The lowest BCUT2D eigenvalue weighted by Gasteiger charge is -2.05. The molecule has 2 aromatic carbocycles. The number of aryl methyl sites for hydroxylation is 2. The van der Waals surface area contributed by atoms with E-state index in [2.05, 4.69) is 65.4 Å². The van der Waals surface area contributed by atoms with Gasteiger partial charge in [0, 0.05) is 18.0 Å². The van der Waals surface area contributed by atoms with Gasteiger partial charge in [-0.05, 0) is 30.5 Å². The molecule has 0 aliphatic carbocycles. The van der Waals surface area contributed by atoms with Gasteiger partial charge in [-0.25, -0.2) is 9.97 Å². The predicted molar refractivity (Wildman–Crippen MR) is 82.4 cm³/mol. The summed E-state index contributed by atoms with van der Waals surface area (Å²) in [7, 11) is 0. The van der Waals surface area contributed by atoms with Crippen molar-refractivity contribution in [3.05, 3.63) is 72.3 Å². The second kappa shape index (κ2) is 5.25. The number of hydrogen-bond donors (Lipinski definition) is 0. The Morgan fingerprint density at radius 2 is 0.950 bits per heavy atom. The highest BCUT2D eigenvalue weighted by molar-refractivity contribution is 5.69. The molecule has 98 valence electrons. The van der Waals surface area contributed by atoms with Gasteiger partial charge < -0.3 is 0 Å². The number of benzene rings is 2. The molecule has 0 aliphatic rings. The highest BCUT2D eigenvalue weighted by Gasteiger charge is 2.01. The molecule has 1 aromatic heterocycles. The van der Waals surface area contributed by atoms with Crippen molar-refractivity contribution < 1.29 is 0 Å². The van der Waals surface area contributed by atoms with E-state index in [-0.39, 0.29) is 0 Å². The highest BCUT2D eigenvalue weighted by Crippen LogP contribution is 2.24. The Labute approximate surface area is 119 Å². The zero-order valence-corrected chi connectivity index (χ0v) is 11.7. The molecule has 0 radical (unpaired) electrons. The summed E-state index contributed by atoms with van der Waals surface area (Å²) in [5.74, 6) is 0.796. The molecule has 2 heteroatoms. The van der Waals surface area contributed by atoms with E-state index in [1.54, 1.807) is 0 Å². The first-order valence-corrected chi connectivity index (χ1v) is 6.68. The smallest absolute Gasteiger partial charge is 0.125 e. The van der Waals surface area contributed by atoms with Crippen LogP contribution in [0.2, 0.25) is 0 Å². The summed E-state index contributed by atoms with van der Waals surface area (Å²) in [4.78, 5) is 8.47. The van der Waals surface area contributed by atoms with Gasteiger partial charge in [-0.3, -0.25) is 0 Å². The third kappa shape index (κ3) is 2.59. The maximum absolute atomic E-state index is 4.23. The Kier molecular flexibility index (Phi) is 3.30. The third-order valence-electron chi connectivity index (χ3n) is 3.38. The zero-order chi connectivity index (χ0) is 13.9. The van der Waals surface area contributed by atoms with Crippen molar-refractivity contribution in [3.8, 4) is 22.3 Å². The SMILES string of the molecule is Cc1ccc(-c2ccc(-c3cnc(C)nc3)cc2)cc1. The summed E-state index contributed by atoms with van der Waals surface area (Å²) in [6.45, 7) is 3.99. The lowest BCUT2D eigenvalue weighted by molar-refractivity contribution is 1.06. The molecule has 0 aliphatic heterocycles. The van der Waals surface area contributed by atoms with Crippen LogP contribution in [0.1, 0.15) is 11.4 Å². The average Bonchev–Trinajstić information content (AvgIpc) is 2.49. The van der Waals surface area contributed by atoms with E-state index in [9.17, 15) is 0 Å². The first-order chi connectivity index (χ1) is 9.72. The van der Waals surface area contributed by atoms with Crippen molar-refractivity contribution >= 4 is 0 Å². The molecule has 0 fully saturated rings. The molecule has 2 nitrogen and oxygen atoms in total. The van der Waals surface area contributed by atoms with Crippen LogP contribution in [0.3, 0.4) is 0 Å². The lowest BCUT2D eigenvalue weighted by atomic mass is 10.0. The lowest BCUT2D eigenvalue weighted by Crippen LogP contribution is -1.87. The van der Waals surface area contributed by atoms with Gasteiger partial charge in [-0.15, -0.1) is 0 Å². The van der Waals surface area contributed by atoms with E-state index in [1.165, 1.54) is 16.7 Å². The highest BCUT2D eigenvalue weighted by atomic mass is 14.8. The van der Waals surface area contributed by atoms with Crippen molar-refractivity contribution in [1.82, 2.24) is 9.97 Å². The van der Waals surface area contributed by atoms with Crippen molar-refractivity contribution in [3.63, 3.8) is 0 Å². The number of hydrogen-bond acceptors (Lipinski definition) is 2. The van der Waals surface area contributed by atoms with Crippen LogP contribution in [-0.2, 0) is 0 Å². The summed E-state index contributed by atoms with van der Waals surface area (Å²) < 4.78 is 0. The van der Waals surface area contributed by atoms with E-state index >= 15 is 0 Å². The van der Waals surface area contributed by atoms with E-state index in [1.807, 2.05) is 19.3 Å². The predicted octanol–water partition coefficient (Wildman–Crippen LogP) is 4.43. The van der Waals surface area contributed by atoms with E-state index in [0.29, 0.717) is 0 Å². The molecule has 20 heavy (non-hydrogen) atoms. The second-order valence-corrected chi connectivity index (χ2v) is 4.96. The molecule has 0 unspecified atom stereocenters. The largest absolute Gasteiger partial charge is 0.241 e. The molecule has 3 rings (SSSR count). The van der Waals surface area contributed by atoms with Gasteiger partial charge in [-0.2, -0.15) is 0 Å². The summed E-state index contributed by atoms with van der Waals surface area (Å²) in [6.07, 6.45) is 3.73. The Morgan fingerprint density at radius 3 is 1.45 bits per heavy atom. The van der Waals surface area contributed by atoms with Crippen LogP contribution >= 0.6 is 0 Å². The molecule has 0 saturated carbocycles. The minimum absolute atomic E-state index is 0.796. The molecule has 1 heterocycles. The average molecular weight is 260 g/mol. The molecular formula is C18H16N2. The van der Waals surface area contributed by atoms with Crippen LogP contribution in [0.4, 0.5) is 0 Å². The van der Waals surface area contributed by atoms with Crippen LogP contribution in [0.5, 0.6) is 0 Å². The van der Waals surface area contributed by atoms with Gasteiger partial charge in [0.2, 0.25) is 0 Å². The van der Waals surface area contributed by atoms with Crippen LogP contribution in [-0.4, -0.2) is 9.97 Å². The fourth-order valence-electron chi connectivity index (χ4n) is 2.14. The fourth-order valence-corrected chi connectivity index (χ4v) is 2.14. The standard InChI is InChI=1S/C18H16N2/c1-13-3-5-15(6-4-13)16-7-9-17(10-8-16)18-11-19-14(2)20-12-18/h3-12H,1-2H3. The van der Waals surface area contributed by atoms with Crippen molar-refractivity contribution in [2.45, 2.75) is 13.8 Å². The van der Waals surface area contributed by atoms with Gasteiger partial charge in [0.15, 0.2) is 0 Å². The van der Waals surface area contributed by atoms with Gasteiger partial charge in [0.1, 0.15) is 5.82 Å². The summed E-state index contributed by atoms with van der Waals surface area (Å²) in [6, 6.07) is 17.1. The minimum Gasteiger partial charge on any atom is -0.241 e. The zero-order valence-electron chi connectivity index (χ0n) is 11.7. The van der Waals surface area contributed by atoms with Crippen molar-refractivity contribution in [2.75, 3.05) is 0 Å². The quantitative estimate of drug-likeness (QED) is 0.681. The molecule has 3 aromatic rings. The van der Waals surface area contributed by atoms with Gasteiger partial charge in [0.25, 0.3) is 0 Å². The summed E-state index contributed by atoms with van der Waals surface area (Å²) in [5.41, 5.74) is 5.93. The van der Waals surface area contributed by atoms with Gasteiger partial charge in [0.05, 0.1) is 0 Å². The van der Waals surface area contributed by atoms with Gasteiger partial charge >= 0.3 is 0 Å². The molecule has 0 amide bonds. The number of nitrogens with zero attached hydrogens (tertiary/aromatic N) is 2. The van der Waals surface area contributed by atoms with Crippen LogP contribution < -0.4 is 0 Å². The summed E-state index contributed by atoms with van der Waals surface area (Å²) >= 11 is 0. The second-order valence-electron chi connectivity index (χ2n) is 4.96.